The SMILES string of the molecule is [2H]c1c([2H])c([2H])c(-c2ccc3oc4cccc(-c5c6ccccc6c(-c6ccccc6-c6c([2H])c([2H])c(-c7ccccc7)c([2H])c6[2H])c6ccccc56)c4c3c2)c([2H])c1[2H]. The zero-order valence-electron chi connectivity index (χ0n) is 36.2. The van der Waals surface area contributed by atoms with Crippen LogP contribution >= 0.6 is 0 Å². The topological polar surface area (TPSA) is 13.1 Å². The van der Waals surface area contributed by atoms with Crippen molar-refractivity contribution in [3.63, 3.8) is 0 Å². The van der Waals surface area contributed by atoms with Crippen molar-refractivity contribution in [2.45, 2.75) is 0 Å². The molecular weight excluding hydrogens is 617 g/mol. The molecule has 10 rings (SSSR count). The van der Waals surface area contributed by atoms with Gasteiger partial charge in [0.25, 0.3) is 0 Å². The van der Waals surface area contributed by atoms with Crippen molar-refractivity contribution in [2.75, 3.05) is 0 Å². The summed E-state index contributed by atoms with van der Waals surface area (Å²) in [6.45, 7) is 0. The highest BCUT2D eigenvalue weighted by atomic mass is 16.3. The lowest BCUT2D eigenvalue weighted by Gasteiger charge is -2.20. The van der Waals surface area contributed by atoms with Crippen LogP contribution in [0.5, 0.6) is 0 Å². The van der Waals surface area contributed by atoms with Crippen molar-refractivity contribution >= 4 is 43.5 Å². The lowest BCUT2D eigenvalue weighted by Crippen LogP contribution is -1.93. The van der Waals surface area contributed by atoms with E-state index < -0.39 is 18.1 Å². The van der Waals surface area contributed by atoms with Gasteiger partial charge in [-0.2, -0.15) is 0 Å². The van der Waals surface area contributed by atoms with Crippen LogP contribution in [0.4, 0.5) is 0 Å². The third kappa shape index (κ3) is 4.86. The van der Waals surface area contributed by atoms with E-state index in [-0.39, 0.29) is 52.9 Å². The molecule has 0 atom stereocenters. The Hall–Kier alpha value is -6.70. The first-order chi connectivity index (χ1) is 29.1. The smallest absolute Gasteiger partial charge is 0.136 e. The lowest BCUT2D eigenvalue weighted by molar-refractivity contribution is 0.669. The Morgan fingerprint density at radius 2 is 0.882 bits per heavy atom. The van der Waals surface area contributed by atoms with E-state index >= 15 is 0 Å². The van der Waals surface area contributed by atoms with Gasteiger partial charge in [-0.15, -0.1) is 0 Å². The maximum atomic E-state index is 9.30. The summed E-state index contributed by atoms with van der Waals surface area (Å²) in [6.07, 6.45) is 0. The fourth-order valence-corrected chi connectivity index (χ4v) is 7.41. The average Bonchev–Trinajstić information content (AvgIpc) is 3.65. The summed E-state index contributed by atoms with van der Waals surface area (Å²) in [7, 11) is 0. The Bertz CT molecular complexity index is 3310. The second kappa shape index (κ2) is 12.0. The molecule has 0 unspecified atom stereocenters. The molecule has 0 aliphatic heterocycles. The normalized spacial score (nSPS) is 14.0. The van der Waals surface area contributed by atoms with E-state index in [1.165, 1.54) is 0 Å². The molecule has 0 bridgehead atoms. The summed E-state index contributed by atoms with van der Waals surface area (Å²) < 4.78 is 85.3. The molecule has 0 aliphatic carbocycles. The molecule has 1 nitrogen and oxygen atoms in total. The van der Waals surface area contributed by atoms with Crippen LogP contribution < -0.4 is 0 Å². The summed E-state index contributed by atoms with van der Waals surface area (Å²) in [5, 5.41) is 5.24. The maximum Gasteiger partial charge on any atom is 0.136 e. The second-order valence-corrected chi connectivity index (χ2v) is 12.5. The van der Waals surface area contributed by atoms with Gasteiger partial charge in [0.2, 0.25) is 0 Å². The monoisotopic (exact) mass is 657 g/mol. The summed E-state index contributed by atoms with van der Waals surface area (Å²) in [6, 6.07) is 42.0. The van der Waals surface area contributed by atoms with Crippen LogP contribution in [0.15, 0.2) is 198 Å². The number of hydrogen-bond donors (Lipinski definition) is 0. The molecule has 0 radical (unpaired) electrons. The van der Waals surface area contributed by atoms with Crippen LogP contribution in [0.3, 0.4) is 0 Å². The number of hydrogen-bond acceptors (Lipinski definition) is 1. The molecule has 1 heterocycles. The van der Waals surface area contributed by atoms with Gasteiger partial charge < -0.3 is 4.42 Å². The molecule has 9 aromatic carbocycles. The largest absolute Gasteiger partial charge is 0.456 e. The van der Waals surface area contributed by atoms with Gasteiger partial charge in [-0.25, -0.2) is 0 Å². The Labute approximate surface area is 309 Å². The molecule has 0 spiro atoms. The summed E-state index contributed by atoms with van der Waals surface area (Å²) in [4.78, 5) is 0. The number of benzene rings is 9. The number of rotatable bonds is 5. The molecular formula is C50H32O. The standard InChI is InChI=1S/C50H32O/c1-3-14-33(15-4-1)35-26-28-36(29-27-35)38-18-7-8-19-39(38)48-40-20-9-11-22-42(40)49(43-23-12-10-21-41(43)48)44-24-13-25-47-50(44)45-32-37(30-31-46(45)51-47)34-16-5-2-6-17-34/h1-32H/i2D,5D,6D,16D,17D,26D,27D,28D,29D. The molecule has 1 aromatic heterocycles. The minimum absolute atomic E-state index is 0.104. The highest BCUT2D eigenvalue weighted by Crippen LogP contribution is 2.48. The van der Waals surface area contributed by atoms with E-state index in [4.69, 9.17) is 14.0 Å². The van der Waals surface area contributed by atoms with Crippen LogP contribution in [-0.4, -0.2) is 0 Å². The van der Waals surface area contributed by atoms with Gasteiger partial charge in [0.15, 0.2) is 0 Å². The van der Waals surface area contributed by atoms with Crippen molar-refractivity contribution in [2.24, 2.45) is 0 Å². The van der Waals surface area contributed by atoms with E-state index in [0.29, 0.717) is 27.9 Å². The molecule has 0 saturated carbocycles. The van der Waals surface area contributed by atoms with E-state index in [9.17, 15) is 2.74 Å². The Balaban J connectivity index is 1.25. The predicted octanol–water partition coefficient (Wildman–Crippen LogP) is 14.2. The van der Waals surface area contributed by atoms with E-state index in [1.54, 1.807) is 24.3 Å². The van der Waals surface area contributed by atoms with Crippen molar-refractivity contribution < 1.29 is 16.8 Å². The van der Waals surface area contributed by atoms with Crippen LogP contribution in [0.1, 0.15) is 12.3 Å². The Kier molecular flexibility index (Phi) is 5.04. The van der Waals surface area contributed by atoms with Crippen molar-refractivity contribution in [1.29, 1.82) is 0 Å². The van der Waals surface area contributed by atoms with Gasteiger partial charge in [0.05, 0.1) is 12.3 Å². The Morgan fingerprint density at radius 1 is 0.333 bits per heavy atom. The minimum Gasteiger partial charge on any atom is -0.456 e. The van der Waals surface area contributed by atoms with Gasteiger partial charge >= 0.3 is 0 Å². The number of furan rings is 1. The molecule has 51 heavy (non-hydrogen) atoms. The molecule has 0 N–H and O–H groups in total. The predicted molar refractivity (Wildman–Crippen MR) is 216 cm³/mol. The van der Waals surface area contributed by atoms with E-state index in [2.05, 4.69) is 30.3 Å². The second-order valence-electron chi connectivity index (χ2n) is 12.5. The van der Waals surface area contributed by atoms with Crippen LogP contribution in [0.25, 0.3) is 99.1 Å². The zero-order valence-corrected chi connectivity index (χ0v) is 27.2. The first-order valence-electron chi connectivity index (χ1n) is 21.3. The number of fused-ring (bicyclic) bond motifs is 5. The average molecular weight is 658 g/mol. The maximum absolute atomic E-state index is 9.30. The van der Waals surface area contributed by atoms with Gasteiger partial charge in [-0.3, -0.25) is 0 Å². The van der Waals surface area contributed by atoms with Crippen molar-refractivity contribution in [3.05, 3.63) is 194 Å². The van der Waals surface area contributed by atoms with E-state index in [1.807, 2.05) is 84.9 Å². The van der Waals surface area contributed by atoms with Gasteiger partial charge in [0.1, 0.15) is 11.2 Å². The quantitative estimate of drug-likeness (QED) is 0.168. The van der Waals surface area contributed by atoms with E-state index in [0.717, 1.165) is 54.6 Å². The zero-order chi connectivity index (χ0) is 41.6. The first kappa shape index (κ1) is 21.4. The van der Waals surface area contributed by atoms with Gasteiger partial charge in [0, 0.05) is 10.8 Å². The van der Waals surface area contributed by atoms with Gasteiger partial charge in [-0.1, -0.05) is 176 Å². The fourth-order valence-electron chi connectivity index (χ4n) is 7.41. The van der Waals surface area contributed by atoms with Crippen LogP contribution in [-0.2, 0) is 0 Å². The van der Waals surface area contributed by atoms with Crippen molar-refractivity contribution in [3.8, 4) is 55.6 Å². The fraction of sp³-hybridized carbons (Fsp3) is 0. The summed E-state index contributed by atoms with van der Waals surface area (Å²) in [5.74, 6) is 0. The van der Waals surface area contributed by atoms with Crippen molar-refractivity contribution in [1.82, 2.24) is 0 Å². The molecule has 238 valence electrons. The summed E-state index contributed by atoms with van der Waals surface area (Å²) in [5.41, 5.74) is 6.97. The first-order valence-corrected chi connectivity index (χ1v) is 16.8. The molecule has 0 fully saturated rings. The lowest BCUT2D eigenvalue weighted by atomic mass is 9.83. The van der Waals surface area contributed by atoms with Crippen LogP contribution in [0, 0.1) is 0 Å². The molecule has 10 aromatic rings. The third-order valence-corrected chi connectivity index (χ3v) is 9.64. The molecule has 0 saturated heterocycles. The third-order valence-electron chi connectivity index (χ3n) is 9.64. The highest BCUT2D eigenvalue weighted by Gasteiger charge is 2.21. The molecule has 0 aliphatic rings. The van der Waals surface area contributed by atoms with Crippen LogP contribution in [0.2, 0.25) is 0 Å². The molecule has 0 amide bonds. The van der Waals surface area contributed by atoms with Gasteiger partial charge in [-0.05, 0) is 95.4 Å². The summed E-state index contributed by atoms with van der Waals surface area (Å²) >= 11 is 0. The minimum atomic E-state index is -0.445. The highest BCUT2D eigenvalue weighted by molar-refractivity contribution is 6.26. The Morgan fingerprint density at radius 3 is 1.57 bits per heavy atom. The molecule has 1 heteroatoms.